The highest BCUT2D eigenvalue weighted by molar-refractivity contribution is 7.89. The molecule has 152 valence electrons. The number of benzene rings is 1. The van der Waals surface area contributed by atoms with Crippen molar-refractivity contribution < 1.29 is 13.2 Å². The van der Waals surface area contributed by atoms with E-state index < -0.39 is 10.0 Å². The third-order valence-corrected chi connectivity index (χ3v) is 6.72. The predicted octanol–water partition coefficient (Wildman–Crippen LogP) is 3.67. The molecule has 28 heavy (non-hydrogen) atoms. The molecule has 0 amide bonds. The molecule has 3 rings (SSSR count). The molecule has 1 aliphatic carbocycles. The molecule has 2 aromatic rings. The smallest absolute Gasteiger partial charge is 0.211 e. The lowest BCUT2D eigenvalue weighted by Gasteiger charge is -2.29. The Morgan fingerprint density at radius 3 is 2.29 bits per heavy atom. The average molecular weight is 404 g/mol. The van der Waals surface area contributed by atoms with E-state index in [0.717, 1.165) is 48.4 Å². The molecular weight excluding hydrogens is 374 g/mol. The Labute approximate surface area is 167 Å². The van der Waals surface area contributed by atoms with Gasteiger partial charge in [-0.25, -0.2) is 18.1 Å². The zero-order chi connectivity index (χ0) is 20.0. The van der Waals surface area contributed by atoms with Gasteiger partial charge in [0.05, 0.1) is 12.9 Å². The molecular formula is C21H29N3O3S. The Kier molecular flexibility index (Phi) is 6.91. The van der Waals surface area contributed by atoms with E-state index in [1.54, 1.807) is 14.0 Å². The summed E-state index contributed by atoms with van der Waals surface area (Å²) in [6.45, 7) is 2.22. The van der Waals surface area contributed by atoms with Gasteiger partial charge in [-0.3, -0.25) is 0 Å². The van der Waals surface area contributed by atoms with Crippen LogP contribution in [0.3, 0.4) is 0 Å². The first-order valence-electron chi connectivity index (χ1n) is 9.83. The molecule has 2 N–H and O–H groups in total. The molecule has 0 spiro atoms. The van der Waals surface area contributed by atoms with Crippen LogP contribution in [0.5, 0.6) is 5.75 Å². The van der Waals surface area contributed by atoms with Crippen molar-refractivity contribution in [3.63, 3.8) is 0 Å². The maximum Gasteiger partial charge on any atom is 0.211 e. The van der Waals surface area contributed by atoms with Crippen LogP contribution in [-0.4, -0.2) is 38.9 Å². The zero-order valence-corrected chi connectivity index (χ0v) is 17.3. The first kappa shape index (κ1) is 20.6. The fraction of sp³-hybridized carbons (Fsp3) is 0.476. The number of nitrogens with one attached hydrogen (secondary N) is 2. The minimum absolute atomic E-state index is 0.141. The molecule has 6 nitrogen and oxygen atoms in total. The van der Waals surface area contributed by atoms with Crippen molar-refractivity contribution in [2.45, 2.75) is 38.6 Å². The van der Waals surface area contributed by atoms with Crippen LogP contribution in [0.15, 0.2) is 42.6 Å². The van der Waals surface area contributed by atoms with Crippen LogP contribution in [0.1, 0.15) is 32.6 Å². The largest absolute Gasteiger partial charge is 0.497 e. The summed E-state index contributed by atoms with van der Waals surface area (Å²) >= 11 is 0. The highest BCUT2D eigenvalue weighted by atomic mass is 32.2. The molecule has 1 fully saturated rings. The van der Waals surface area contributed by atoms with Crippen molar-refractivity contribution in [2.24, 2.45) is 5.92 Å². The lowest BCUT2D eigenvalue weighted by molar-refractivity contribution is 0.337. The highest BCUT2D eigenvalue weighted by Crippen LogP contribution is 2.27. The van der Waals surface area contributed by atoms with Crippen molar-refractivity contribution in [3.05, 3.63) is 42.6 Å². The van der Waals surface area contributed by atoms with E-state index in [1.807, 2.05) is 36.5 Å². The van der Waals surface area contributed by atoms with Crippen LogP contribution >= 0.6 is 0 Å². The molecule has 1 aromatic heterocycles. The maximum atomic E-state index is 11.6. The molecule has 0 atom stereocenters. The Balaban J connectivity index is 1.48. The van der Waals surface area contributed by atoms with E-state index in [2.05, 4.69) is 21.1 Å². The van der Waals surface area contributed by atoms with Gasteiger partial charge in [-0.1, -0.05) is 12.1 Å². The molecule has 0 aliphatic heterocycles. The van der Waals surface area contributed by atoms with Gasteiger partial charge in [0.1, 0.15) is 11.6 Å². The number of methoxy groups -OCH3 is 1. The summed E-state index contributed by atoms with van der Waals surface area (Å²) in [5, 5.41) is 3.51. The average Bonchev–Trinajstić information content (AvgIpc) is 2.74. The van der Waals surface area contributed by atoms with Crippen LogP contribution in [0.4, 0.5) is 5.82 Å². The Hall–Kier alpha value is -2.12. The van der Waals surface area contributed by atoms with Crippen molar-refractivity contribution in [1.29, 1.82) is 0 Å². The van der Waals surface area contributed by atoms with Gasteiger partial charge in [-0.15, -0.1) is 0 Å². The second-order valence-corrected chi connectivity index (χ2v) is 9.37. The molecule has 1 aliphatic rings. The molecule has 0 bridgehead atoms. The van der Waals surface area contributed by atoms with Crippen LogP contribution in [0.2, 0.25) is 0 Å². The second-order valence-electron chi connectivity index (χ2n) is 7.27. The highest BCUT2D eigenvalue weighted by Gasteiger charge is 2.22. The minimum Gasteiger partial charge on any atom is -0.497 e. The molecule has 0 unspecified atom stereocenters. The van der Waals surface area contributed by atoms with Gasteiger partial charge in [0.2, 0.25) is 10.0 Å². The molecule has 0 saturated heterocycles. The Morgan fingerprint density at radius 1 is 1.04 bits per heavy atom. The van der Waals surface area contributed by atoms with Crippen molar-refractivity contribution >= 4 is 15.8 Å². The summed E-state index contributed by atoms with van der Waals surface area (Å²) in [5.41, 5.74) is 2.18. The molecule has 1 saturated carbocycles. The molecule has 1 heterocycles. The van der Waals surface area contributed by atoms with Gasteiger partial charge in [-0.2, -0.15) is 0 Å². The summed E-state index contributed by atoms with van der Waals surface area (Å²) in [7, 11) is -1.43. The third-order valence-electron chi connectivity index (χ3n) is 5.36. The summed E-state index contributed by atoms with van der Waals surface area (Å²) in [5.74, 6) is 2.28. The number of rotatable bonds is 8. The second kappa shape index (κ2) is 9.39. The van der Waals surface area contributed by atoms with Crippen LogP contribution < -0.4 is 14.8 Å². The van der Waals surface area contributed by atoms with Gasteiger partial charge >= 0.3 is 0 Å². The maximum absolute atomic E-state index is 11.6. The van der Waals surface area contributed by atoms with Gasteiger partial charge in [0.15, 0.2) is 0 Å². The first-order valence-corrected chi connectivity index (χ1v) is 11.5. The topological polar surface area (TPSA) is 80.3 Å². The van der Waals surface area contributed by atoms with Crippen molar-refractivity contribution in [2.75, 3.05) is 24.7 Å². The fourth-order valence-corrected chi connectivity index (χ4v) is 4.19. The fourth-order valence-electron chi connectivity index (χ4n) is 3.50. The number of nitrogens with zero attached hydrogens (tertiary/aromatic N) is 1. The molecule has 7 heteroatoms. The Bertz CT molecular complexity index is 843. The summed E-state index contributed by atoms with van der Waals surface area (Å²) < 4.78 is 31.0. The first-order chi connectivity index (χ1) is 13.5. The summed E-state index contributed by atoms with van der Waals surface area (Å²) in [6.07, 6.45) is 5.98. The van der Waals surface area contributed by atoms with Crippen molar-refractivity contribution in [3.8, 4) is 16.9 Å². The number of hydrogen-bond donors (Lipinski definition) is 2. The van der Waals surface area contributed by atoms with E-state index in [1.165, 1.54) is 0 Å². The number of ether oxygens (including phenoxy) is 1. The third kappa shape index (κ3) is 5.69. The lowest BCUT2D eigenvalue weighted by atomic mass is 9.86. The van der Waals surface area contributed by atoms with Gasteiger partial charge < -0.3 is 10.1 Å². The van der Waals surface area contributed by atoms with Gasteiger partial charge in [0.25, 0.3) is 0 Å². The quantitative estimate of drug-likeness (QED) is 0.703. The number of pyridine rings is 1. The van der Waals surface area contributed by atoms with Gasteiger partial charge in [0, 0.05) is 24.3 Å². The lowest BCUT2D eigenvalue weighted by Crippen LogP contribution is -2.34. The molecule has 1 aromatic carbocycles. The Morgan fingerprint density at radius 2 is 1.71 bits per heavy atom. The van der Waals surface area contributed by atoms with E-state index in [-0.39, 0.29) is 5.75 Å². The zero-order valence-electron chi connectivity index (χ0n) is 16.5. The van der Waals surface area contributed by atoms with E-state index in [4.69, 9.17) is 4.74 Å². The van der Waals surface area contributed by atoms with Crippen LogP contribution in [0, 0.1) is 5.92 Å². The van der Waals surface area contributed by atoms with Gasteiger partial charge in [-0.05, 0) is 68.4 Å². The normalized spacial score (nSPS) is 19.9. The van der Waals surface area contributed by atoms with Crippen molar-refractivity contribution in [1.82, 2.24) is 9.71 Å². The van der Waals surface area contributed by atoms with Crippen LogP contribution in [-0.2, 0) is 10.0 Å². The van der Waals surface area contributed by atoms with Crippen LogP contribution in [0.25, 0.3) is 11.1 Å². The number of hydrogen-bond acceptors (Lipinski definition) is 5. The van der Waals surface area contributed by atoms with E-state index >= 15 is 0 Å². The standard InChI is InChI=1S/C21H29N3O3S/c1-3-28(25,26)23-14-16-4-9-19(10-5-16)24-21-13-8-18(15-22-21)17-6-11-20(27-2)12-7-17/h6-8,11-13,15-16,19,23H,3-5,9-10,14H2,1-2H3,(H,22,24)/t16-,19-. The number of anilines is 1. The van der Waals surface area contributed by atoms with E-state index in [0.29, 0.717) is 18.5 Å². The summed E-state index contributed by atoms with van der Waals surface area (Å²) in [4.78, 5) is 4.56. The number of aromatic nitrogens is 1. The minimum atomic E-state index is -3.09. The summed E-state index contributed by atoms with van der Waals surface area (Å²) in [6, 6.07) is 12.4. The molecule has 0 radical (unpaired) electrons. The SMILES string of the molecule is CCS(=O)(=O)NC[C@H]1CC[C@H](Nc2ccc(-c3ccc(OC)cc3)cn2)CC1. The predicted molar refractivity (Wildman–Crippen MR) is 113 cm³/mol. The monoisotopic (exact) mass is 403 g/mol. The van der Waals surface area contributed by atoms with E-state index in [9.17, 15) is 8.42 Å². The number of sulfonamides is 1.